The number of para-hydroxylation sites is 1. The van der Waals surface area contributed by atoms with Gasteiger partial charge in [-0.1, -0.05) is 18.2 Å². The van der Waals surface area contributed by atoms with E-state index in [1.165, 1.54) is 17.0 Å². The molecule has 106 valence electrons. The second-order valence-electron chi connectivity index (χ2n) is 5.09. The summed E-state index contributed by atoms with van der Waals surface area (Å²) in [6, 6.07) is 10.7. The van der Waals surface area contributed by atoms with E-state index >= 15 is 0 Å². The van der Waals surface area contributed by atoms with E-state index in [1.54, 1.807) is 0 Å². The van der Waals surface area contributed by atoms with Crippen molar-refractivity contribution in [2.75, 3.05) is 43.4 Å². The van der Waals surface area contributed by atoms with E-state index in [-0.39, 0.29) is 0 Å². The molecule has 5 heteroatoms. The summed E-state index contributed by atoms with van der Waals surface area (Å²) >= 11 is 1.53. The van der Waals surface area contributed by atoms with Gasteiger partial charge in [0.05, 0.1) is 5.69 Å². The van der Waals surface area contributed by atoms with E-state index < -0.39 is 0 Å². The number of nitrogen functional groups attached to an aromatic ring is 1. The molecule has 0 bridgehead atoms. The summed E-state index contributed by atoms with van der Waals surface area (Å²) in [5, 5.41) is 2.74. The van der Waals surface area contributed by atoms with Crippen LogP contribution in [-0.4, -0.2) is 42.6 Å². The summed E-state index contributed by atoms with van der Waals surface area (Å²) in [6.07, 6.45) is 0.999. The maximum Gasteiger partial charge on any atom is 0.180 e. The lowest BCUT2D eigenvalue weighted by Gasteiger charge is -2.36. The second-order valence-corrected chi connectivity index (χ2v) is 5.98. The minimum absolute atomic E-state index is 0.675. The number of anilines is 2. The molecule has 0 atom stereocenters. The third kappa shape index (κ3) is 3.29. The monoisotopic (exact) mass is 288 g/mol. The molecule has 0 amide bonds. The van der Waals surface area contributed by atoms with Crippen molar-refractivity contribution in [1.29, 1.82) is 0 Å². The number of piperazine rings is 1. The average molecular weight is 288 g/mol. The SMILES string of the molecule is Nc1nc(CCN2CCN(c3ccccc3)CC2)cs1. The fourth-order valence-electron chi connectivity index (χ4n) is 2.58. The molecule has 3 rings (SSSR count). The molecule has 1 aromatic heterocycles. The molecule has 20 heavy (non-hydrogen) atoms. The van der Waals surface area contributed by atoms with E-state index in [0.29, 0.717) is 5.13 Å². The quantitative estimate of drug-likeness (QED) is 0.936. The summed E-state index contributed by atoms with van der Waals surface area (Å²) in [5.74, 6) is 0. The standard InChI is InChI=1S/C15H20N4S/c16-15-17-13(12-20-15)6-7-18-8-10-19(11-9-18)14-4-2-1-3-5-14/h1-5,12H,6-11H2,(H2,16,17). The van der Waals surface area contributed by atoms with Crippen LogP contribution >= 0.6 is 11.3 Å². The smallest absolute Gasteiger partial charge is 0.180 e. The molecule has 2 heterocycles. The minimum Gasteiger partial charge on any atom is -0.375 e. The van der Waals surface area contributed by atoms with Crippen molar-refractivity contribution in [2.45, 2.75) is 6.42 Å². The normalized spacial score (nSPS) is 16.5. The Hall–Kier alpha value is -1.59. The third-order valence-corrected chi connectivity index (χ3v) is 4.47. The molecule has 2 aromatic rings. The topological polar surface area (TPSA) is 45.4 Å². The van der Waals surface area contributed by atoms with Gasteiger partial charge in [0.15, 0.2) is 5.13 Å². The molecule has 0 saturated carbocycles. The van der Waals surface area contributed by atoms with Gasteiger partial charge in [0.1, 0.15) is 0 Å². The summed E-state index contributed by atoms with van der Waals surface area (Å²) in [6.45, 7) is 5.52. The van der Waals surface area contributed by atoms with Crippen molar-refractivity contribution in [3.63, 3.8) is 0 Å². The molecule has 0 spiro atoms. The zero-order valence-corrected chi connectivity index (χ0v) is 12.4. The van der Waals surface area contributed by atoms with Crippen molar-refractivity contribution in [2.24, 2.45) is 0 Å². The van der Waals surface area contributed by atoms with Crippen molar-refractivity contribution in [1.82, 2.24) is 9.88 Å². The first-order chi connectivity index (χ1) is 9.81. The number of thiazole rings is 1. The largest absolute Gasteiger partial charge is 0.375 e. The maximum absolute atomic E-state index is 5.66. The lowest BCUT2D eigenvalue weighted by atomic mass is 10.2. The molecule has 0 radical (unpaired) electrons. The fraction of sp³-hybridized carbons (Fsp3) is 0.400. The lowest BCUT2D eigenvalue weighted by Crippen LogP contribution is -2.47. The van der Waals surface area contributed by atoms with E-state index in [0.717, 1.165) is 44.8 Å². The van der Waals surface area contributed by atoms with Crippen LogP contribution in [0, 0.1) is 0 Å². The van der Waals surface area contributed by atoms with Gasteiger partial charge in [-0.3, -0.25) is 4.90 Å². The summed E-state index contributed by atoms with van der Waals surface area (Å²) in [7, 11) is 0. The van der Waals surface area contributed by atoms with Crippen LogP contribution in [0.15, 0.2) is 35.7 Å². The van der Waals surface area contributed by atoms with Crippen molar-refractivity contribution >= 4 is 22.2 Å². The van der Waals surface area contributed by atoms with Gasteiger partial charge in [-0.15, -0.1) is 11.3 Å². The summed E-state index contributed by atoms with van der Waals surface area (Å²) in [5.41, 5.74) is 8.11. The zero-order chi connectivity index (χ0) is 13.8. The highest BCUT2D eigenvalue weighted by molar-refractivity contribution is 7.13. The van der Waals surface area contributed by atoms with Gasteiger partial charge in [-0.25, -0.2) is 4.98 Å². The van der Waals surface area contributed by atoms with Gasteiger partial charge in [0, 0.05) is 50.2 Å². The highest BCUT2D eigenvalue weighted by Crippen LogP contribution is 2.16. The Labute approximate surface area is 123 Å². The van der Waals surface area contributed by atoms with Crippen molar-refractivity contribution < 1.29 is 0 Å². The van der Waals surface area contributed by atoms with Crippen LogP contribution < -0.4 is 10.6 Å². The number of benzene rings is 1. The third-order valence-electron chi connectivity index (χ3n) is 3.75. The van der Waals surface area contributed by atoms with E-state index in [4.69, 9.17) is 5.73 Å². The molecule has 1 aromatic carbocycles. The van der Waals surface area contributed by atoms with Gasteiger partial charge in [-0.05, 0) is 12.1 Å². The van der Waals surface area contributed by atoms with Gasteiger partial charge < -0.3 is 10.6 Å². The van der Waals surface area contributed by atoms with E-state index in [1.807, 2.05) is 0 Å². The van der Waals surface area contributed by atoms with Crippen LogP contribution in [0.2, 0.25) is 0 Å². The van der Waals surface area contributed by atoms with E-state index in [9.17, 15) is 0 Å². The van der Waals surface area contributed by atoms with Crippen LogP contribution in [0.4, 0.5) is 10.8 Å². The van der Waals surface area contributed by atoms with E-state index in [2.05, 4.69) is 50.5 Å². The average Bonchev–Trinajstić information content (AvgIpc) is 2.92. The Morgan fingerprint density at radius 3 is 2.50 bits per heavy atom. The zero-order valence-electron chi connectivity index (χ0n) is 11.5. The Morgan fingerprint density at radius 1 is 1.10 bits per heavy atom. The predicted octanol–water partition coefficient (Wildman–Crippen LogP) is 2.09. The molecule has 0 aliphatic carbocycles. The van der Waals surface area contributed by atoms with Crippen molar-refractivity contribution in [3.8, 4) is 0 Å². The van der Waals surface area contributed by atoms with Gasteiger partial charge in [0.25, 0.3) is 0 Å². The highest BCUT2D eigenvalue weighted by atomic mass is 32.1. The number of hydrogen-bond acceptors (Lipinski definition) is 5. The Bertz CT molecular complexity index is 532. The summed E-state index contributed by atoms with van der Waals surface area (Å²) in [4.78, 5) is 9.28. The molecule has 4 nitrogen and oxygen atoms in total. The van der Waals surface area contributed by atoms with Gasteiger partial charge >= 0.3 is 0 Å². The highest BCUT2D eigenvalue weighted by Gasteiger charge is 2.16. The van der Waals surface area contributed by atoms with Crippen LogP contribution in [0.5, 0.6) is 0 Å². The first-order valence-electron chi connectivity index (χ1n) is 7.03. The van der Waals surface area contributed by atoms with Crippen LogP contribution in [0.1, 0.15) is 5.69 Å². The molecule has 0 unspecified atom stereocenters. The summed E-state index contributed by atoms with van der Waals surface area (Å²) < 4.78 is 0. The van der Waals surface area contributed by atoms with Crippen LogP contribution in [-0.2, 0) is 6.42 Å². The Morgan fingerprint density at radius 2 is 1.85 bits per heavy atom. The molecular formula is C15H20N4S. The van der Waals surface area contributed by atoms with Gasteiger partial charge in [-0.2, -0.15) is 0 Å². The first-order valence-corrected chi connectivity index (χ1v) is 7.91. The molecular weight excluding hydrogens is 268 g/mol. The maximum atomic E-state index is 5.66. The second kappa shape index (κ2) is 6.24. The number of nitrogens with zero attached hydrogens (tertiary/aromatic N) is 3. The predicted molar refractivity (Wildman–Crippen MR) is 85.3 cm³/mol. The molecule has 1 aliphatic heterocycles. The van der Waals surface area contributed by atoms with Gasteiger partial charge in [0.2, 0.25) is 0 Å². The number of aromatic nitrogens is 1. The molecule has 1 aliphatic rings. The Balaban J connectivity index is 1.47. The number of hydrogen-bond donors (Lipinski definition) is 1. The minimum atomic E-state index is 0.675. The first kappa shape index (κ1) is 13.4. The number of rotatable bonds is 4. The van der Waals surface area contributed by atoms with Crippen LogP contribution in [0.25, 0.3) is 0 Å². The molecule has 2 N–H and O–H groups in total. The van der Waals surface area contributed by atoms with Crippen LogP contribution in [0.3, 0.4) is 0 Å². The van der Waals surface area contributed by atoms with Crippen molar-refractivity contribution in [3.05, 3.63) is 41.4 Å². The number of nitrogens with two attached hydrogens (primary N) is 1. The lowest BCUT2D eigenvalue weighted by molar-refractivity contribution is 0.260. The Kier molecular flexibility index (Phi) is 4.18. The fourth-order valence-corrected chi connectivity index (χ4v) is 3.18. The molecule has 1 saturated heterocycles. The molecule has 1 fully saturated rings.